The number of aromatic nitrogens is 2. The number of hydrogen-bond acceptors (Lipinski definition) is 3. The van der Waals surface area contributed by atoms with Crippen molar-refractivity contribution >= 4 is 0 Å². The fourth-order valence-corrected chi connectivity index (χ4v) is 2.93. The van der Waals surface area contributed by atoms with Crippen LogP contribution >= 0.6 is 0 Å². The van der Waals surface area contributed by atoms with E-state index in [1.165, 1.54) is 31.5 Å². The molecule has 0 aromatic carbocycles. The standard InChI is InChI=1S/C15H28N4/c1-13-11-14(2)19(17-13)10-6-8-16-12-15-7-4-5-9-18(15)3/h11,15-16H,4-10,12H2,1-3H3. The summed E-state index contributed by atoms with van der Waals surface area (Å²) in [7, 11) is 2.25. The van der Waals surface area contributed by atoms with Crippen molar-refractivity contribution in [3.05, 3.63) is 17.5 Å². The minimum absolute atomic E-state index is 0.738. The summed E-state index contributed by atoms with van der Waals surface area (Å²) in [5.41, 5.74) is 2.39. The Morgan fingerprint density at radius 3 is 2.89 bits per heavy atom. The van der Waals surface area contributed by atoms with Crippen LogP contribution in [0.5, 0.6) is 0 Å². The molecule has 1 N–H and O–H groups in total. The molecule has 0 bridgehead atoms. The SMILES string of the molecule is Cc1cc(C)n(CCCNCC2CCCCN2C)n1. The highest BCUT2D eigenvalue weighted by molar-refractivity contribution is 5.06. The molecule has 0 spiro atoms. The van der Waals surface area contributed by atoms with Crippen LogP contribution in [0.1, 0.15) is 37.1 Å². The third-order valence-electron chi connectivity index (χ3n) is 4.13. The van der Waals surface area contributed by atoms with Gasteiger partial charge in [0.25, 0.3) is 0 Å². The van der Waals surface area contributed by atoms with Crippen molar-refractivity contribution in [2.45, 2.75) is 52.1 Å². The molecule has 1 atom stereocenters. The van der Waals surface area contributed by atoms with Crippen LogP contribution in [0.2, 0.25) is 0 Å². The lowest BCUT2D eigenvalue weighted by molar-refractivity contribution is 0.181. The average molecular weight is 264 g/mol. The van der Waals surface area contributed by atoms with Crippen LogP contribution in [0.3, 0.4) is 0 Å². The molecule has 1 aromatic rings. The van der Waals surface area contributed by atoms with E-state index in [0.717, 1.165) is 37.8 Å². The number of nitrogens with one attached hydrogen (secondary N) is 1. The Hall–Kier alpha value is -0.870. The highest BCUT2D eigenvalue weighted by Crippen LogP contribution is 2.13. The van der Waals surface area contributed by atoms with Crippen LogP contribution in [0.25, 0.3) is 0 Å². The zero-order chi connectivity index (χ0) is 13.7. The molecule has 1 aromatic heterocycles. The molecule has 1 saturated heterocycles. The maximum Gasteiger partial charge on any atom is 0.0596 e. The topological polar surface area (TPSA) is 33.1 Å². The number of likely N-dealkylation sites (N-methyl/N-ethyl adjacent to an activating group) is 1. The summed E-state index contributed by atoms with van der Waals surface area (Å²) in [5, 5.41) is 8.09. The van der Waals surface area contributed by atoms with Crippen LogP contribution in [0.4, 0.5) is 0 Å². The molecule has 1 fully saturated rings. The Labute approximate surface area is 117 Å². The van der Waals surface area contributed by atoms with Gasteiger partial charge in [0.15, 0.2) is 0 Å². The molecule has 1 aliphatic rings. The summed E-state index contributed by atoms with van der Waals surface area (Å²) in [5.74, 6) is 0. The summed E-state index contributed by atoms with van der Waals surface area (Å²) in [6, 6.07) is 2.88. The van der Waals surface area contributed by atoms with Gasteiger partial charge in [0.05, 0.1) is 5.69 Å². The lowest BCUT2D eigenvalue weighted by Crippen LogP contribution is -2.43. The summed E-state index contributed by atoms with van der Waals surface area (Å²) < 4.78 is 2.11. The van der Waals surface area contributed by atoms with Crippen molar-refractivity contribution in [1.82, 2.24) is 20.0 Å². The molecule has 2 rings (SSSR count). The van der Waals surface area contributed by atoms with Gasteiger partial charge >= 0.3 is 0 Å². The van der Waals surface area contributed by atoms with Gasteiger partial charge in [-0.3, -0.25) is 4.68 Å². The van der Waals surface area contributed by atoms with Crippen molar-refractivity contribution in [2.75, 3.05) is 26.7 Å². The van der Waals surface area contributed by atoms with Crippen LogP contribution in [-0.2, 0) is 6.54 Å². The fraction of sp³-hybridized carbons (Fsp3) is 0.800. The smallest absolute Gasteiger partial charge is 0.0596 e. The van der Waals surface area contributed by atoms with E-state index >= 15 is 0 Å². The molecule has 0 aliphatic carbocycles. The van der Waals surface area contributed by atoms with E-state index in [1.807, 2.05) is 0 Å². The van der Waals surface area contributed by atoms with Crippen molar-refractivity contribution in [3.8, 4) is 0 Å². The molecule has 4 nitrogen and oxygen atoms in total. The lowest BCUT2D eigenvalue weighted by Gasteiger charge is -2.32. The zero-order valence-corrected chi connectivity index (χ0v) is 12.7. The quantitative estimate of drug-likeness (QED) is 0.797. The first-order valence-electron chi connectivity index (χ1n) is 7.59. The van der Waals surface area contributed by atoms with E-state index in [1.54, 1.807) is 0 Å². The number of likely N-dealkylation sites (tertiary alicyclic amines) is 1. The second kappa shape index (κ2) is 7.06. The minimum atomic E-state index is 0.738. The molecule has 108 valence electrons. The summed E-state index contributed by atoms with van der Waals surface area (Å²) in [4.78, 5) is 2.50. The monoisotopic (exact) mass is 264 g/mol. The van der Waals surface area contributed by atoms with Gasteiger partial charge in [-0.25, -0.2) is 0 Å². The maximum atomic E-state index is 4.49. The summed E-state index contributed by atoms with van der Waals surface area (Å²) in [6.45, 7) is 8.69. The first-order chi connectivity index (χ1) is 9.16. The highest BCUT2D eigenvalue weighted by atomic mass is 15.3. The van der Waals surface area contributed by atoms with Gasteiger partial charge in [-0.15, -0.1) is 0 Å². The predicted octanol–water partition coefficient (Wildman–Crippen LogP) is 1.96. The van der Waals surface area contributed by atoms with Gasteiger partial charge in [-0.2, -0.15) is 5.10 Å². The first-order valence-corrected chi connectivity index (χ1v) is 7.59. The van der Waals surface area contributed by atoms with Gasteiger partial charge in [0, 0.05) is 24.8 Å². The van der Waals surface area contributed by atoms with E-state index < -0.39 is 0 Å². The van der Waals surface area contributed by atoms with Crippen molar-refractivity contribution in [2.24, 2.45) is 0 Å². The average Bonchev–Trinajstić information content (AvgIpc) is 2.70. The molecule has 4 heteroatoms. The molecular weight excluding hydrogens is 236 g/mol. The van der Waals surface area contributed by atoms with Crippen LogP contribution in [-0.4, -0.2) is 47.4 Å². The summed E-state index contributed by atoms with van der Waals surface area (Å²) >= 11 is 0. The highest BCUT2D eigenvalue weighted by Gasteiger charge is 2.17. The van der Waals surface area contributed by atoms with Crippen molar-refractivity contribution < 1.29 is 0 Å². The normalized spacial score (nSPS) is 20.9. The maximum absolute atomic E-state index is 4.49. The van der Waals surface area contributed by atoms with E-state index in [4.69, 9.17) is 0 Å². The molecule has 19 heavy (non-hydrogen) atoms. The first kappa shape index (κ1) is 14.5. The minimum Gasteiger partial charge on any atom is -0.315 e. The zero-order valence-electron chi connectivity index (χ0n) is 12.7. The van der Waals surface area contributed by atoms with Gasteiger partial charge in [0.2, 0.25) is 0 Å². The third-order valence-corrected chi connectivity index (χ3v) is 4.13. The van der Waals surface area contributed by atoms with E-state index in [2.05, 4.69) is 47.0 Å². The Bertz CT molecular complexity index is 385. The van der Waals surface area contributed by atoms with Crippen LogP contribution in [0, 0.1) is 13.8 Å². The number of piperidine rings is 1. The number of hydrogen-bond donors (Lipinski definition) is 1. The Balaban J connectivity index is 1.60. The van der Waals surface area contributed by atoms with E-state index in [0.29, 0.717) is 0 Å². The molecule has 1 unspecified atom stereocenters. The Kier molecular flexibility index (Phi) is 5.40. The van der Waals surface area contributed by atoms with Crippen molar-refractivity contribution in [1.29, 1.82) is 0 Å². The molecule has 1 aliphatic heterocycles. The second-order valence-corrected chi connectivity index (χ2v) is 5.84. The summed E-state index contributed by atoms with van der Waals surface area (Å²) in [6.07, 6.45) is 5.26. The van der Waals surface area contributed by atoms with E-state index in [9.17, 15) is 0 Å². The van der Waals surface area contributed by atoms with Gasteiger partial charge in [0.1, 0.15) is 0 Å². The molecule has 0 amide bonds. The second-order valence-electron chi connectivity index (χ2n) is 5.84. The van der Waals surface area contributed by atoms with Crippen LogP contribution in [0.15, 0.2) is 6.07 Å². The third kappa shape index (κ3) is 4.32. The van der Waals surface area contributed by atoms with Gasteiger partial charge < -0.3 is 10.2 Å². The van der Waals surface area contributed by atoms with Gasteiger partial charge in [-0.1, -0.05) is 6.42 Å². The number of aryl methyl sites for hydroxylation is 3. The van der Waals surface area contributed by atoms with E-state index in [-0.39, 0.29) is 0 Å². The van der Waals surface area contributed by atoms with Crippen molar-refractivity contribution in [3.63, 3.8) is 0 Å². The lowest BCUT2D eigenvalue weighted by atomic mass is 10.0. The molecular formula is C15H28N4. The van der Waals surface area contributed by atoms with Gasteiger partial charge in [-0.05, 0) is 59.3 Å². The molecule has 0 radical (unpaired) electrons. The predicted molar refractivity (Wildman–Crippen MR) is 79.5 cm³/mol. The van der Waals surface area contributed by atoms with Crippen LogP contribution < -0.4 is 5.32 Å². The number of nitrogens with zero attached hydrogens (tertiary/aromatic N) is 3. The molecule has 0 saturated carbocycles. The number of rotatable bonds is 6. The largest absolute Gasteiger partial charge is 0.315 e. The Morgan fingerprint density at radius 1 is 1.37 bits per heavy atom. The fourth-order valence-electron chi connectivity index (χ4n) is 2.93. The molecule has 2 heterocycles. The Morgan fingerprint density at radius 2 is 2.21 bits per heavy atom.